The average Bonchev–Trinajstić information content (AvgIpc) is 2.75. The van der Waals surface area contributed by atoms with Crippen LogP contribution in [0.3, 0.4) is 0 Å². The molecule has 1 fully saturated rings. The topological polar surface area (TPSA) is 61.9 Å². The first-order chi connectivity index (χ1) is 14.4. The van der Waals surface area contributed by atoms with E-state index in [1.807, 2.05) is 49.4 Å². The van der Waals surface area contributed by atoms with Gasteiger partial charge in [0, 0.05) is 36.4 Å². The molecule has 160 valence electrons. The van der Waals surface area contributed by atoms with Gasteiger partial charge >= 0.3 is 0 Å². The normalized spacial score (nSPS) is 14.8. The van der Waals surface area contributed by atoms with Crippen LogP contribution in [-0.4, -0.2) is 61.9 Å². The fraction of sp³-hybridized carbons (Fsp3) is 0.364. The van der Waals surface area contributed by atoms with Crippen LogP contribution in [-0.2, 0) is 14.3 Å². The summed E-state index contributed by atoms with van der Waals surface area (Å²) in [5.41, 5.74) is 1.81. The van der Waals surface area contributed by atoms with Crippen molar-refractivity contribution < 1.29 is 14.3 Å². The number of rotatable bonds is 7. The van der Waals surface area contributed by atoms with Crippen molar-refractivity contribution in [1.29, 1.82) is 0 Å². The number of likely N-dealkylation sites (N-methyl/N-ethyl adjacent to an activating group) is 1. The van der Waals surface area contributed by atoms with Crippen LogP contribution in [0.25, 0.3) is 0 Å². The number of thioether (sulfide) groups is 1. The molecule has 1 atom stereocenters. The van der Waals surface area contributed by atoms with Crippen LogP contribution in [0, 0.1) is 0 Å². The number of amides is 2. The van der Waals surface area contributed by atoms with E-state index in [0.717, 1.165) is 36.9 Å². The van der Waals surface area contributed by atoms with Gasteiger partial charge in [0.15, 0.2) is 0 Å². The van der Waals surface area contributed by atoms with Crippen LogP contribution in [0.2, 0.25) is 5.02 Å². The van der Waals surface area contributed by atoms with Gasteiger partial charge in [-0.05, 0) is 43.3 Å². The monoisotopic (exact) mass is 447 g/mol. The van der Waals surface area contributed by atoms with E-state index in [4.69, 9.17) is 16.3 Å². The Morgan fingerprint density at radius 3 is 2.50 bits per heavy atom. The number of anilines is 2. The van der Waals surface area contributed by atoms with Gasteiger partial charge in [-0.25, -0.2) is 0 Å². The van der Waals surface area contributed by atoms with Crippen molar-refractivity contribution in [2.75, 3.05) is 50.1 Å². The van der Waals surface area contributed by atoms with Gasteiger partial charge < -0.3 is 19.9 Å². The van der Waals surface area contributed by atoms with E-state index in [1.165, 1.54) is 16.7 Å². The lowest BCUT2D eigenvalue weighted by Crippen LogP contribution is -2.39. The molecule has 2 amide bonds. The third-order valence-electron chi connectivity index (χ3n) is 4.77. The van der Waals surface area contributed by atoms with Gasteiger partial charge in [0.2, 0.25) is 11.8 Å². The zero-order valence-corrected chi connectivity index (χ0v) is 18.7. The van der Waals surface area contributed by atoms with E-state index in [2.05, 4.69) is 10.2 Å². The lowest BCUT2D eigenvalue weighted by molar-refractivity contribution is -0.132. The molecule has 0 bridgehead atoms. The summed E-state index contributed by atoms with van der Waals surface area (Å²) in [6.45, 7) is 4.98. The minimum absolute atomic E-state index is 0.0164. The minimum atomic E-state index is -0.351. The van der Waals surface area contributed by atoms with Crippen molar-refractivity contribution >= 4 is 46.6 Å². The summed E-state index contributed by atoms with van der Waals surface area (Å²) in [4.78, 5) is 29.6. The van der Waals surface area contributed by atoms with E-state index in [1.54, 1.807) is 13.1 Å². The maximum absolute atomic E-state index is 12.6. The third-order valence-corrected chi connectivity index (χ3v) is 6.38. The summed E-state index contributed by atoms with van der Waals surface area (Å²) in [6.07, 6.45) is 0. The Morgan fingerprint density at radius 2 is 1.83 bits per heavy atom. The second-order valence-electron chi connectivity index (χ2n) is 7.08. The maximum Gasteiger partial charge on any atom is 0.243 e. The molecule has 3 rings (SSSR count). The second kappa shape index (κ2) is 10.7. The molecule has 2 aromatic carbocycles. The van der Waals surface area contributed by atoms with Crippen LogP contribution in [0.15, 0.2) is 53.4 Å². The summed E-state index contributed by atoms with van der Waals surface area (Å²) in [7, 11) is 1.63. The number of nitrogens with zero attached hydrogens (tertiary/aromatic N) is 2. The van der Waals surface area contributed by atoms with Crippen molar-refractivity contribution in [3.8, 4) is 0 Å². The van der Waals surface area contributed by atoms with Gasteiger partial charge in [0.05, 0.1) is 30.0 Å². The number of morpholine rings is 1. The SMILES string of the molecule is CC(Sc1ccccc1Cl)C(=O)N(C)CC(=O)Nc1ccc(N2CCOCC2)cc1. The molecule has 6 nitrogen and oxygen atoms in total. The molecule has 1 aliphatic rings. The highest BCUT2D eigenvalue weighted by molar-refractivity contribution is 8.00. The van der Waals surface area contributed by atoms with E-state index in [0.29, 0.717) is 10.7 Å². The Balaban J connectivity index is 1.49. The highest BCUT2D eigenvalue weighted by Gasteiger charge is 2.21. The summed E-state index contributed by atoms with van der Waals surface area (Å²) < 4.78 is 5.37. The first-order valence-corrected chi connectivity index (χ1v) is 11.1. The Hall–Kier alpha value is -2.22. The summed E-state index contributed by atoms with van der Waals surface area (Å²) in [5.74, 6) is -0.363. The van der Waals surface area contributed by atoms with Gasteiger partial charge in [0.1, 0.15) is 0 Å². The second-order valence-corrected chi connectivity index (χ2v) is 8.87. The van der Waals surface area contributed by atoms with Gasteiger partial charge in [-0.1, -0.05) is 23.7 Å². The van der Waals surface area contributed by atoms with E-state index in [9.17, 15) is 9.59 Å². The molecule has 1 aliphatic heterocycles. The lowest BCUT2D eigenvalue weighted by Gasteiger charge is -2.29. The number of carbonyl (C=O) groups excluding carboxylic acids is 2. The molecule has 2 aromatic rings. The molecule has 0 saturated carbocycles. The van der Waals surface area contributed by atoms with Gasteiger partial charge in [-0.15, -0.1) is 11.8 Å². The largest absolute Gasteiger partial charge is 0.378 e. The smallest absolute Gasteiger partial charge is 0.243 e. The summed E-state index contributed by atoms with van der Waals surface area (Å²) in [6, 6.07) is 15.1. The van der Waals surface area contributed by atoms with Crippen molar-refractivity contribution in [1.82, 2.24) is 4.90 Å². The first-order valence-electron chi connectivity index (χ1n) is 9.83. The molecule has 0 aromatic heterocycles. The lowest BCUT2D eigenvalue weighted by atomic mass is 10.2. The van der Waals surface area contributed by atoms with Gasteiger partial charge in [-0.2, -0.15) is 0 Å². The first kappa shape index (κ1) is 22.5. The molecule has 1 heterocycles. The number of carbonyl (C=O) groups is 2. The van der Waals surface area contributed by atoms with Crippen molar-refractivity contribution in [3.63, 3.8) is 0 Å². The number of halogens is 1. The maximum atomic E-state index is 12.6. The highest BCUT2D eigenvalue weighted by atomic mass is 35.5. The number of hydrogen-bond acceptors (Lipinski definition) is 5. The predicted octanol–water partition coefficient (Wildman–Crippen LogP) is 3.75. The van der Waals surface area contributed by atoms with Gasteiger partial charge in [0.25, 0.3) is 0 Å². The summed E-state index contributed by atoms with van der Waals surface area (Å²) >= 11 is 7.55. The van der Waals surface area contributed by atoms with Crippen LogP contribution in [0.5, 0.6) is 0 Å². The average molecular weight is 448 g/mol. The van der Waals surface area contributed by atoms with E-state index >= 15 is 0 Å². The molecule has 0 aliphatic carbocycles. The van der Waals surface area contributed by atoms with Crippen LogP contribution >= 0.6 is 23.4 Å². The van der Waals surface area contributed by atoms with E-state index in [-0.39, 0.29) is 23.6 Å². The number of benzene rings is 2. The van der Waals surface area contributed by atoms with Crippen molar-refractivity contribution in [2.24, 2.45) is 0 Å². The fourth-order valence-electron chi connectivity index (χ4n) is 3.16. The van der Waals surface area contributed by atoms with Crippen molar-refractivity contribution in [2.45, 2.75) is 17.1 Å². The molecule has 30 heavy (non-hydrogen) atoms. The molecular formula is C22H26ClN3O3S. The Bertz CT molecular complexity index is 872. The zero-order valence-electron chi connectivity index (χ0n) is 17.1. The molecule has 0 radical (unpaired) electrons. The predicted molar refractivity (Wildman–Crippen MR) is 123 cm³/mol. The highest BCUT2D eigenvalue weighted by Crippen LogP contribution is 2.30. The molecule has 1 unspecified atom stereocenters. The van der Waals surface area contributed by atoms with Crippen molar-refractivity contribution in [3.05, 3.63) is 53.6 Å². The molecule has 1 saturated heterocycles. The fourth-order valence-corrected chi connectivity index (χ4v) is 4.43. The Morgan fingerprint density at radius 1 is 1.17 bits per heavy atom. The molecule has 8 heteroatoms. The summed E-state index contributed by atoms with van der Waals surface area (Å²) in [5, 5.41) is 3.11. The quantitative estimate of drug-likeness (QED) is 0.655. The van der Waals surface area contributed by atoms with E-state index < -0.39 is 0 Å². The van der Waals surface area contributed by atoms with Gasteiger partial charge in [-0.3, -0.25) is 9.59 Å². The molecular weight excluding hydrogens is 422 g/mol. The minimum Gasteiger partial charge on any atom is -0.378 e. The Labute approximate surface area is 186 Å². The molecule has 0 spiro atoms. The number of nitrogens with one attached hydrogen (secondary N) is 1. The third kappa shape index (κ3) is 6.14. The number of ether oxygens (including phenoxy) is 1. The van der Waals surface area contributed by atoms with Crippen LogP contribution in [0.4, 0.5) is 11.4 Å². The van der Waals surface area contributed by atoms with Crippen LogP contribution in [0.1, 0.15) is 6.92 Å². The Kier molecular flexibility index (Phi) is 8.01. The standard InChI is InChI=1S/C22H26ClN3O3S/c1-16(30-20-6-4-3-5-19(20)23)22(28)25(2)15-21(27)24-17-7-9-18(10-8-17)26-11-13-29-14-12-26/h3-10,16H,11-15H2,1-2H3,(H,24,27). The molecule has 1 N–H and O–H groups in total. The van der Waals surface area contributed by atoms with Crippen LogP contribution < -0.4 is 10.2 Å². The zero-order chi connectivity index (χ0) is 21.5. The number of hydrogen-bond donors (Lipinski definition) is 1.